The van der Waals surface area contributed by atoms with Crippen LogP contribution in [0.25, 0.3) is 0 Å². The molecule has 0 aromatic carbocycles. The highest BCUT2D eigenvalue weighted by atomic mass is 19.4. The maximum atomic E-state index is 11.8. The van der Waals surface area contributed by atoms with Crippen molar-refractivity contribution in [2.24, 2.45) is 0 Å². The topological polar surface area (TPSA) is 84.0 Å². The first-order valence-electron chi connectivity index (χ1n) is 4.41. The second kappa shape index (κ2) is 4.85. The highest BCUT2D eigenvalue weighted by molar-refractivity contribution is 5.75. The number of carbonyl (C=O) groups is 1. The summed E-state index contributed by atoms with van der Waals surface area (Å²) in [4.78, 5) is 34.6. The lowest BCUT2D eigenvalue weighted by Crippen LogP contribution is -2.39. The standard InChI is InChI=1S/C8H8F3N3O3/c9-8(10,11)4-12-6(16)3-14-2-1-5(15)13-7(14)17/h1-2H,3-4H2,(H,12,16)(H,13,15,17). The Balaban J connectivity index is 2.63. The summed E-state index contributed by atoms with van der Waals surface area (Å²) in [7, 11) is 0. The molecule has 0 atom stereocenters. The minimum atomic E-state index is -4.51. The molecule has 2 N–H and O–H groups in total. The molecule has 1 rings (SSSR count). The first kappa shape index (κ1) is 13.0. The van der Waals surface area contributed by atoms with Crippen LogP contribution in [0.4, 0.5) is 13.2 Å². The van der Waals surface area contributed by atoms with Crippen LogP contribution < -0.4 is 16.6 Å². The van der Waals surface area contributed by atoms with E-state index in [1.54, 1.807) is 5.32 Å². The van der Waals surface area contributed by atoms with Crippen LogP contribution in [0.3, 0.4) is 0 Å². The summed E-state index contributed by atoms with van der Waals surface area (Å²) in [5, 5.41) is 1.60. The Morgan fingerprint density at radius 2 is 2.06 bits per heavy atom. The van der Waals surface area contributed by atoms with Crippen molar-refractivity contribution >= 4 is 5.91 Å². The number of aromatic nitrogens is 2. The Morgan fingerprint density at radius 3 is 2.59 bits per heavy atom. The number of amides is 1. The van der Waals surface area contributed by atoms with Gasteiger partial charge in [-0.1, -0.05) is 0 Å². The van der Waals surface area contributed by atoms with Gasteiger partial charge in [-0.05, 0) is 0 Å². The molecule has 9 heteroatoms. The van der Waals surface area contributed by atoms with E-state index < -0.39 is 36.4 Å². The molecule has 0 aliphatic carbocycles. The van der Waals surface area contributed by atoms with Crippen molar-refractivity contribution in [3.8, 4) is 0 Å². The van der Waals surface area contributed by atoms with Crippen molar-refractivity contribution in [3.05, 3.63) is 33.1 Å². The normalized spacial score (nSPS) is 11.2. The van der Waals surface area contributed by atoms with Crippen molar-refractivity contribution in [2.75, 3.05) is 6.54 Å². The van der Waals surface area contributed by atoms with Crippen molar-refractivity contribution < 1.29 is 18.0 Å². The van der Waals surface area contributed by atoms with Crippen molar-refractivity contribution in [2.45, 2.75) is 12.7 Å². The van der Waals surface area contributed by atoms with Gasteiger partial charge in [0, 0.05) is 12.3 Å². The van der Waals surface area contributed by atoms with Crippen LogP contribution in [0.1, 0.15) is 0 Å². The summed E-state index contributed by atoms with van der Waals surface area (Å²) >= 11 is 0. The fourth-order valence-corrected chi connectivity index (χ4v) is 0.978. The number of nitrogens with one attached hydrogen (secondary N) is 2. The molecule has 0 saturated heterocycles. The predicted molar refractivity (Wildman–Crippen MR) is 50.4 cm³/mol. The average molecular weight is 251 g/mol. The smallest absolute Gasteiger partial charge is 0.345 e. The van der Waals surface area contributed by atoms with Gasteiger partial charge in [-0.25, -0.2) is 4.79 Å². The number of aromatic amines is 1. The molecule has 0 radical (unpaired) electrons. The third kappa shape index (κ3) is 4.53. The van der Waals surface area contributed by atoms with Crippen LogP contribution in [0.5, 0.6) is 0 Å². The second-order valence-corrected chi connectivity index (χ2v) is 3.13. The maximum Gasteiger partial charge on any atom is 0.405 e. The molecule has 0 unspecified atom stereocenters. The van der Waals surface area contributed by atoms with Gasteiger partial charge in [-0.3, -0.25) is 19.1 Å². The van der Waals surface area contributed by atoms with Gasteiger partial charge in [0.25, 0.3) is 5.56 Å². The van der Waals surface area contributed by atoms with E-state index in [-0.39, 0.29) is 0 Å². The molecule has 0 aliphatic heterocycles. The highest BCUT2D eigenvalue weighted by Crippen LogP contribution is 2.11. The zero-order valence-corrected chi connectivity index (χ0v) is 8.37. The van der Waals surface area contributed by atoms with E-state index in [4.69, 9.17) is 0 Å². The van der Waals surface area contributed by atoms with Gasteiger partial charge in [-0.15, -0.1) is 0 Å². The van der Waals surface area contributed by atoms with Crippen molar-refractivity contribution in [3.63, 3.8) is 0 Å². The monoisotopic (exact) mass is 251 g/mol. The molecule has 1 amide bonds. The number of halogens is 3. The Labute approximate surface area is 92.1 Å². The first-order chi connectivity index (χ1) is 7.78. The Bertz CT molecular complexity index is 517. The van der Waals surface area contributed by atoms with Crippen molar-refractivity contribution in [1.29, 1.82) is 0 Å². The lowest BCUT2D eigenvalue weighted by atomic mass is 10.5. The Morgan fingerprint density at radius 1 is 1.41 bits per heavy atom. The molecule has 17 heavy (non-hydrogen) atoms. The zero-order chi connectivity index (χ0) is 13.1. The van der Waals surface area contributed by atoms with Crippen LogP contribution in [-0.2, 0) is 11.3 Å². The van der Waals surface area contributed by atoms with Gasteiger partial charge >= 0.3 is 11.9 Å². The molecule has 6 nitrogen and oxygen atoms in total. The fourth-order valence-electron chi connectivity index (χ4n) is 0.978. The van der Waals surface area contributed by atoms with E-state index in [9.17, 15) is 27.6 Å². The van der Waals surface area contributed by atoms with E-state index in [0.717, 1.165) is 16.8 Å². The summed E-state index contributed by atoms with van der Waals surface area (Å²) in [6, 6.07) is 0.985. The number of hydrogen-bond acceptors (Lipinski definition) is 3. The molecule has 0 aliphatic rings. The molecular formula is C8H8F3N3O3. The van der Waals surface area contributed by atoms with E-state index in [2.05, 4.69) is 0 Å². The van der Waals surface area contributed by atoms with Gasteiger partial charge in [-0.2, -0.15) is 13.2 Å². The quantitative estimate of drug-likeness (QED) is 0.738. The number of nitrogens with zero attached hydrogens (tertiary/aromatic N) is 1. The summed E-state index contributed by atoms with van der Waals surface area (Å²) in [5.74, 6) is -0.975. The lowest BCUT2D eigenvalue weighted by molar-refractivity contribution is -0.138. The number of rotatable bonds is 3. The second-order valence-electron chi connectivity index (χ2n) is 3.13. The van der Waals surface area contributed by atoms with Gasteiger partial charge < -0.3 is 5.32 Å². The third-order valence-electron chi connectivity index (χ3n) is 1.70. The molecular weight excluding hydrogens is 243 g/mol. The van der Waals surface area contributed by atoms with Gasteiger partial charge in [0.2, 0.25) is 5.91 Å². The molecule has 1 heterocycles. The SMILES string of the molecule is O=C(Cn1ccc(=O)[nH]c1=O)NCC(F)(F)F. The van der Waals surface area contributed by atoms with E-state index >= 15 is 0 Å². The maximum absolute atomic E-state index is 11.8. The van der Waals surface area contributed by atoms with Crippen LogP contribution in [0.15, 0.2) is 21.9 Å². The number of H-pyrrole nitrogens is 1. The molecule has 0 saturated carbocycles. The minimum absolute atomic E-state index is 0.592. The number of carbonyl (C=O) groups excluding carboxylic acids is 1. The number of alkyl halides is 3. The van der Waals surface area contributed by atoms with Crippen LogP contribution in [-0.4, -0.2) is 28.2 Å². The third-order valence-corrected chi connectivity index (χ3v) is 1.70. The van der Waals surface area contributed by atoms with E-state index in [0.29, 0.717) is 0 Å². The summed E-state index contributed by atoms with van der Waals surface area (Å²) in [5.41, 5.74) is -1.51. The summed E-state index contributed by atoms with van der Waals surface area (Å²) in [6.07, 6.45) is -3.49. The first-order valence-corrected chi connectivity index (χ1v) is 4.41. The molecule has 94 valence electrons. The van der Waals surface area contributed by atoms with Crippen LogP contribution in [0.2, 0.25) is 0 Å². The summed E-state index contributed by atoms with van der Waals surface area (Å²) in [6.45, 7) is -2.06. The highest BCUT2D eigenvalue weighted by Gasteiger charge is 2.27. The lowest BCUT2D eigenvalue weighted by Gasteiger charge is -2.08. The van der Waals surface area contributed by atoms with Crippen LogP contribution in [0, 0.1) is 0 Å². The van der Waals surface area contributed by atoms with Crippen molar-refractivity contribution in [1.82, 2.24) is 14.9 Å². The Kier molecular flexibility index (Phi) is 3.71. The Hall–Kier alpha value is -2.06. The van der Waals surface area contributed by atoms with Gasteiger partial charge in [0.1, 0.15) is 13.1 Å². The molecule has 0 bridgehead atoms. The predicted octanol–water partition coefficient (Wildman–Crippen LogP) is -0.785. The van der Waals surface area contributed by atoms with E-state index in [1.807, 2.05) is 4.98 Å². The molecule has 1 aromatic heterocycles. The largest absolute Gasteiger partial charge is 0.405 e. The molecule has 0 fully saturated rings. The number of hydrogen-bond donors (Lipinski definition) is 2. The zero-order valence-electron chi connectivity index (χ0n) is 8.37. The molecule has 1 aromatic rings. The van der Waals surface area contributed by atoms with Crippen LogP contribution >= 0.6 is 0 Å². The van der Waals surface area contributed by atoms with E-state index in [1.165, 1.54) is 0 Å². The minimum Gasteiger partial charge on any atom is -0.345 e. The fraction of sp³-hybridized carbons (Fsp3) is 0.375. The average Bonchev–Trinajstić information content (AvgIpc) is 2.18. The van der Waals surface area contributed by atoms with Gasteiger partial charge in [0.15, 0.2) is 0 Å². The van der Waals surface area contributed by atoms with Gasteiger partial charge in [0.05, 0.1) is 0 Å². The summed E-state index contributed by atoms with van der Waals surface area (Å²) < 4.78 is 36.1. The molecule has 0 spiro atoms.